The first-order valence-corrected chi connectivity index (χ1v) is 8.89. The van der Waals surface area contributed by atoms with Gasteiger partial charge in [-0.2, -0.15) is 0 Å². The third-order valence-electron chi connectivity index (χ3n) is 3.50. The molecule has 5 heteroatoms. The fraction of sp³-hybridized carbons (Fsp3) is 0.647. The standard InChI is InChI=1S/C17H28BrN3O/c1-6-9-14(10-7-2)22-17-15(18)11-16(13(4)20-17)19-12-21(5)8-3/h11-12,14H,6-10H2,1-5H3/b19-12+. The summed E-state index contributed by atoms with van der Waals surface area (Å²) in [5.74, 6) is 0.673. The molecular formula is C17H28BrN3O. The van der Waals surface area contributed by atoms with E-state index in [9.17, 15) is 0 Å². The van der Waals surface area contributed by atoms with Gasteiger partial charge >= 0.3 is 0 Å². The van der Waals surface area contributed by atoms with Gasteiger partial charge in [0.1, 0.15) is 6.10 Å². The van der Waals surface area contributed by atoms with Crippen LogP contribution in [-0.2, 0) is 0 Å². The Hall–Kier alpha value is -1.10. The van der Waals surface area contributed by atoms with Crippen LogP contribution in [0.1, 0.15) is 52.1 Å². The summed E-state index contributed by atoms with van der Waals surface area (Å²) >= 11 is 3.56. The number of rotatable bonds is 9. The molecule has 124 valence electrons. The maximum Gasteiger partial charge on any atom is 0.228 e. The summed E-state index contributed by atoms with van der Waals surface area (Å²) in [6, 6.07) is 1.98. The second-order valence-corrected chi connectivity index (χ2v) is 6.37. The topological polar surface area (TPSA) is 37.7 Å². The van der Waals surface area contributed by atoms with Crippen LogP contribution in [0.25, 0.3) is 0 Å². The van der Waals surface area contributed by atoms with Crippen LogP contribution in [0.15, 0.2) is 15.5 Å². The lowest BCUT2D eigenvalue weighted by atomic mass is 10.1. The van der Waals surface area contributed by atoms with E-state index in [0.29, 0.717) is 5.88 Å². The van der Waals surface area contributed by atoms with E-state index in [1.54, 1.807) is 0 Å². The Morgan fingerprint density at radius 1 is 1.32 bits per heavy atom. The second-order valence-electron chi connectivity index (χ2n) is 5.51. The molecule has 0 saturated carbocycles. The molecule has 0 bridgehead atoms. The van der Waals surface area contributed by atoms with E-state index < -0.39 is 0 Å². The Bertz CT molecular complexity index is 485. The van der Waals surface area contributed by atoms with Gasteiger partial charge in [0.2, 0.25) is 5.88 Å². The molecule has 0 N–H and O–H groups in total. The third-order valence-corrected chi connectivity index (χ3v) is 4.07. The van der Waals surface area contributed by atoms with Crippen LogP contribution in [0.3, 0.4) is 0 Å². The Morgan fingerprint density at radius 2 is 1.95 bits per heavy atom. The van der Waals surface area contributed by atoms with Crippen LogP contribution in [0.5, 0.6) is 5.88 Å². The van der Waals surface area contributed by atoms with Crippen molar-refractivity contribution in [2.75, 3.05) is 13.6 Å². The molecule has 0 fully saturated rings. The van der Waals surface area contributed by atoms with Crippen LogP contribution >= 0.6 is 15.9 Å². The smallest absolute Gasteiger partial charge is 0.228 e. The highest BCUT2D eigenvalue weighted by molar-refractivity contribution is 9.10. The quantitative estimate of drug-likeness (QED) is 0.448. The molecule has 0 radical (unpaired) electrons. The Morgan fingerprint density at radius 3 is 2.50 bits per heavy atom. The van der Waals surface area contributed by atoms with Crippen molar-refractivity contribution in [3.63, 3.8) is 0 Å². The number of pyridine rings is 1. The summed E-state index contributed by atoms with van der Waals surface area (Å²) in [4.78, 5) is 11.1. The number of nitrogens with zero attached hydrogens (tertiary/aromatic N) is 3. The number of hydrogen-bond acceptors (Lipinski definition) is 3. The molecule has 0 aliphatic carbocycles. The van der Waals surface area contributed by atoms with Crippen molar-refractivity contribution in [3.05, 3.63) is 16.2 Å². The lowest BCUT2D eigenvalue weighted by Gasteiger charge is -2.18. The van der Waals surface area contributed by atoms with Gasteiger partial charge < -0.3 is 9.64 Å². The Kier molecular flexibility index (Phi) is 8.46. The van der Waals surface area contributed by atoms with Gasteiger partial charge in [-0.3, -0.25) is 0 Å². The summed E-state index contributed by atoms with van der Waals surface area (Å²) in [5, 5.41) is 0. The lowest BCUT2D eigenvalue weighted by molar-refractivity contribution is 0.170. The van der Waals surface area contributed by atoms with E-state index in [1.165, 1.54) is 0 Å². The highest BCUT2D eigenvalue weighted by atomic mass is 79.9. The van der Waals surface area contributed by atoms with E-state index >= 15 is 0 Å². The lowest BCUT2D eigenvalue weighted by Crippen LogP contribution is -2.17. The minimum absolute atomic E-state index is 0.235. The zero-order valence-electron chi connectivity index (χ0n) is 14.4. The number of aromatic nitrogens is 1. The average molecular weight is 370 g/mol. The van der Waals surface area contributed by atoms with Gasteiger partial charge in [-0.1, -0.05) is 26.7 Å². The molecule has 0 aromatic carbocycles. The molecule has 1 aromatic rings. The van der Waals surface area contributed by atoms with Gasteiger partial charge in [-0.15, -0.1) is 0 Å². The largest absolute Gasteiger partial charge is 0.474 e. The van der Waals surface area contributed by atoms with Gasteiger partial charge in [0, 0.05) is 13.6 Å². The summed E-state index contributed by atoms with van der Waals surface area (Å²) in [6.07, 6.45) is 6.41. The number of hydrogen-bond donors (Lipinski definition) is 0. The molecule has 0 atom stereocenters. The predicted octanol–water partition coefficient (Wildman–Crippen LogP) is 5.11. The molecule has 0 amide bonds. The fourth-order valence-electron chi connectivity index (χ4n) is 2.07. The van der Waals surface area contributed by atoms with Crippen molar-refractivity contribution >= 4 is 28.0 Å². The molecular weight excluding hydrogens is 342 g/mol. The average Bonchev–Trinajstić information content (AvgIpc) is 2.49. The first-order chi connectivity index (χ1) is 10.5. The third kappa shape index (κ3) is 5.95. The fourth-order valence-corrected chi connectivity index (χ4v) is 2.47. The minimum Gasteiger partial charge on any atom is -0.474 e. The van der Waals surface area contributed by atoms with Crippen molar-refractivity contribution < 1.29 is 4.74 Å². The van der Waals surface area contributed by atoms with Gasteiger partial charge in [-0.25, -0.2) is 9.98 Å². The summed E-state index contributed by atoms with van der Waals surface area (Å²) in [7, 11) is 2.00. The Balaban J connectivity index is 2.90. The molecule has 1 heterocycles. The predicted molar refractivity (Wildman–Crippen MR) is 97.4 cm³/mol. The zero-order valence-corrected chi connectivity index (χ0v) is 16.0. The summed E-state index contributed by atoms with van der Waals surface area (Å²) in [6.45, 7) is 9.34. The molecule has 0 spiro atoms. The molecule has 0 saturated heterocycles. The summed E-state index contributed by atoms with van der Waals surface area (Å²) < 4.78 is 6.95. The number of aryl methyl sites for hydroxylation is 1. The second kappa shape index (κ2) is 9.82. The van der Waals surface area contributed by atoms with Crippen molar-refractivity contribution in [1.82, 2.24) is 9.88 Å². The van der Waals surface area contributed by atoms with Crippen LogP contribution in [0.2, 0.25) is 0 Å². The van der Waals surface area contributed by atoms with Gasteiger partial charge in [0.15, 0.2) is 0 Å². The highest BCUT2D eigenvalue weighted by Crippen LogP contribution is 2.31. The molecule has 4 nitrogen and oxygen atoms in total. The normalized spacial score (nSPS) is 11.4. The van der Waals surface area contributed by atoms with Crippen LogP contribution < -0.4 is 4.74 Å². The molecule has 1 aromatic heterocycles. The van der Waals surface area contributed by atoms with Crippen LogP contribution in [0.4, 0.5) is 5.69 Å². The molecule has 0 unspecified atom stereocenters. The van der Waals surface area contributed by atoms with Gasteiger partial charge in [0.25, 0.3) is 0 Å². The molecule has 0 aliphatic rings. The van der Waals surface area contributed by atoms with Crippen molar-refractivity contribution in [1.29, 1.82) is 0 Å². The van der Waals surface area contributed by atoms with Gasteiger partial charge in [0.05, 0.1) is 22.2 Å². The maximum absolute atomic E-state index is 6.09. The van der Waals surface area contributed by atoms with Gasteiger partial charge in [-0.05, 0) is 48.7 Å². The maximum atomic E-state index is 6.09. The van der Waals surface area contributed by atoms with Crippen LogP contribution in [-0.4, -0.2) is 35.9 Å². The molecule has 22 heavy (non-hydrogen) atoms. The number of ether oxygens (including phenoxy) is 1. The Labute approximate surface area is 143 Å². The zero-order chi connectivity index (χ0) is 16.5. The summed E-state index contributed by atoms with van der Waals surface area (Å²) in [5.41, 5.74) is 1.74. The van der Waals surface area contributed by atoms with Crippen molar-refractivity contribution in [3.8, 4) is 5.88 Å². The first kappa shape index (κ1) is 18.9. The van der Waals surface area contributed by atoms with E-state index in [0.717, 1.165) is 48.1 Å². The number of aliphatic imine (C=N–C) groups is 1. The van der Waals surface area contributed by atoms with E-state index in [-0.39, 0.29) is 6.10 Å². The molecule has 0 aliphatic heterocycles. The monoisotopic (exact) mass is 369 g/mol. The van der Waals surface area contributed by atoms with Crippen molar-refractivity contribution in [2.45, 2.75) is 59.5 Å². The van der Waals surface area contributed by atoms with E-state index in [1.807, 2.05) is 31.3 Å². The highest BCUT2D eigenvalue weighted by Gasteiger charge is 2.14. The number of halogens is 1. The first-order valence-electron chi connectivity index (χ1n) is 8.09. The molecule has 1 rings (SSSR count). The minimum atomic E-state index is 0.235. The van der Waals surface area contributed by atoms with Crippen LogP contribution in [0, 0.1) is 6.92 Å². The van der Waals surface area contributed by atoms with Crippen molar-refractivity contribution in [2.24, 2.45) is 4.99 Å². The van der Waals surface area contributed by atoms with E-state index in [2.05, 4.69) is 46.7 Å². The SMILES string of the molecule is CCCC(CCC)Oc1nc(C)c(/N=C/N(C)CC)cc1Br. The van der Waals surface area contributed by atoms with E-state index in [4.69, 9.17) is 4.74 Å².